The molecule has 0 heterocycles. The Morgan fingerprint density at radius 3 is 2.29 bits per heavy atom. The quantitative estimate of drug-likeness (QED) is 0.121. The fourth-order valence-corrected chi connectivity index (χ4v) is 4.75. The highest BCUT2D eigenvalue weighted by atomic mass is 19.2. The van der Waals surface area contributed by atoms with Crippen molar-refractivity contribution in [3.63, 3.8) is 0 Å². The summed E-state index contributed by atoms with van der Waals surface area (Å²) < 4.78 is 69.5. The van der Waals surface area contributed by atoms with Gasteiger partial charge in [-0.15, -0.1) is 6.58 Å². The normalized spacial score (nSPS) is 17.2. The summed E-state index contributed by atoms with van der Waals surface area (Å²) >= 11 is 0. The molecule has 3 nitrogen and oxygen atoms in total. The van der Waals surface area contributed by atoms with Gasteiger partial charge in [0.1, 0.15) is 6.10 Å². The summed E-state index contributed by atoms with van der Waals surface area (Å²) in [5, 5.41) is 0. The first kappa shape index (κ1) is 27.4. The van der Waals surface area contributed by atoms with Crippen LogP contribution in [0.4, 0.5) is 17.6 Å². The van der Waals surface area contributed by atoms with Crippen molar-refractivity contribution in [3.8, 4) is 16.9 Å². The summed E-state index contributed by atoms with van der Waals surface area (Å²) in [4.78, 5) is 12.5. The van der Waals surface area contributed by atoms with Crippen LogP contribution in [0.15, 0.2) is 61.2 Å². The molecule has 38 heavy (non-hydrogen) atoms. The molecular weight excluding hydrogens is 496 g/mol. The fourth-order valence-electron chi connectivity index (χ4n) is 4.75. The number of aryl methyl sites for hydroxylation is 1. The van der Waals surface area contributed by atoms with E-state index in [-0.39, 0.29) is 23.8 Å². The molecule has 0 saturated heterocycles. The van der Waals surface area contributed by atoms with Crippen LogP contribution in [0.3, 0.4) is 0 Å². The molecule has 1 aliphatic carbocycles. The second-order valence-corrected chi connectivity index (χ2v) is 9.59. The molecule has 0 N–H and O–H groups in total. The maximum atomic E-state index is 15.0. The summed E-state index contributed by atoms with van der Waals surface area (Å²) in [7, 11) is 0. The molecule has 200 valence electrons. The third-order valence-corrected chi connectivity index (χ3v) is 6.94. The van der Waals surface area contributed by atoms with Gasteiger partial charge in [0.25, 0.3) is 0 Å². The molecule has 0 aliphatic heterocycles. The number of allylic oxidation sites excluding steroid dienone is 1. The lowest BCUT2D eigenvalue weighted by molar-refractivity contribution is 0.0188. The zero-order valence-corrected chi connectivity index (χ0v) is 21.2. The number of hydrogen-bond donors (Lipinski definition) is 0. The number of hydrogen-bond acceptors (Lipinski definition) is 3. The Morgan fingerprint density at radius 1 is 0.895 bits per heavy atom. The van der Waals surface area contributed by atoms with E-state index in [2.05, 4.69) is 6.58 Å². The summed E-state index contributed by atoms with van der Waals surface area (Å²) in [6.45, 7) is 5.70. The average Bonchev–Trinajstić information content (AvgIpc) is 2.91. The first-order chi connectivity index (χ1) is 18.3. The van der Waals surface area contributed by atoms with E-state index in [1.165, 1.54) is 6.07 Å². The van der Waals surface area contributed by atoms with Gasteiger partial charge in [-0.3, -0.25) is 0 Å². The zero-order valence-electron chi connectivity index (χ0n) is 21.2. The summed E-state index contributed by atoms with van der Waals surface area (Å²) in [6.07, 6.45) is 4.16. The number of carbonyl (C=O) groups excluding carboxylic acids is 1. The van der Waals surface area contributed by atoms with Crippen LogP contribution in [-0.4, -0.2) is 18.7 Å². The molecule has 0 aromatic heterocycles. The van der Waals surface area contributed by atoms with Crippen LogP contribution < -0.4 is 4.74 Å². The largest absolute Gasteiger partial charge is 0.490 e. The van der Waals surface area contributed by atoms with E-state index in [4.69, 9.17) is 9.47 Å². The van der Waals surface area contributed by atoms with E-state index < -0.39 is 40.9 Å². The van der Waals surface area contributed by atoms with Gasteiger partial charge in [-0.05, 0) is 74.6 Å². The second-order valence-electron chi connectivity index (χ2n) is 9.59. The van der Waals surface area contributed by atoms with Crippen molar-refractivity contribution in [2.24, 2.45) is 0 Å². The Labute approximate surface area is 220 Å². The third kappa shape index (κ3) is 6.09. The fraction of sp³-hybridized carbons (Fsp3) is 0.323. The summed E-state index contributed by atoms with van der Waals surface area (Å²) in [5.74, 6) is -5.80. The van der Waals surface area contributed by atoms with E-state index in [0.717, 1.165) is 11.6 Å². The highest BCUT2D eigenvalue weighted by molar-refractivity contribution is 5.90. The van der Waals surface area contributed by atoms with Crippen LogP contribution in [0.2, 0.25) is 0 Å². The molecule has 4 rings (SSSR count). The van der Waals surface area contributed by atoms with Crippen molar-refractivity contribution in [2.45, 2.75) is 57.5 Å². The minimum atomic E-state index is -1.32. The van der Waals surface area contributed by atoms with E-state index in [0.29, 0.717) is 49.7 Å². The SMILES string of the molecule is C=CCCCOc1ccc(C(=O)OC2CCC(c3ccc(-c4ccc(C)cc4)c(F)c3F)CC2)c(F)c1F. The summed E-state index contributed by atoms with van der Waals surface area (Å²) in [5.41, 5.74) is 1.61. The van der Waals surface area contributed by atoms with Gasteiger partial charge in [0.05, 0.1) is 12.2 Å². The van der Waals surface area contributed by atoms with Gasteiger partial charge < -0.3 is 9.47 Å². The van der Waals surface area contributed by atoms with Gasteiger partial charge in [0, 0.05) is 5.56 Å². The smallest absolute Gasteiger partial charge is 0.341 e. The number of halogens is 4. The van der Waals surface area contributed by atoms with Gasteiger partial charge in [0.2, 0.25) is 5.82 Å². The van der Waals surface area contributed by atoms with Crippen LogP contribution in [0.5, 0.6) is 5.75 Å². The first-order valence-corrected chi connectivity index (χ1v) is 12.8. The molecule has 1 saturated carbocycles. The third-order valence-electron chi connectivity index (χ3n) is 6.94. The molecule has 1 fully saturated rings. The number of esters is 1. The van der Waals surface area contributed by atoms with Crippen molar-refractivity contribution < 1.29 is 31.8 Å². The van der Waals surface area contributed by atoms with Crippen molar-refractivity contribution in [2.75, 3.05) is 6.61 Å². The standard InChI is InChI=1S/C31H30F4O3/c1-3-4-5-18-37-26-17-16-25(29(34)30(26)35)31(36)38-22-12-10-21(11-13-22)24-15-14-23(27(32)28(24)33)20-8-6-19(2)7-9-20/h3,6-9,14-17,21-22H,1,4-5,10-13,18H2,2H3. The Bertz CT molecular complexity index is 1300. The molecule has 0 amide bonds. The van der Waals surface area contributed by atoms with Crippen LogP contribution in [-0.2, 0) is 4.74 Å². The molecular formula is C31H30F4O3. The van der Waals surface area contributed by atoms with E-state index >= 15 is 4.39 Å². The van der Waals surface area contributed by atoms with Crippen LogP contribution in [0.1, 0.15) is 65.9 Å². The Kier molecular flexibility index (Phi) is 8.87. The monoisotopic (exact) mass is 526 g/mol. The molecule has 0 spiro atoms. The van der Waals surface area contributed by atoms with Gasteiger partial charge in [-0.25, -0.2) is 18.0 Å². The zero-order chi connectivity index (χ0) is 27.2. The van der Waals surface area contributed by atoms with Gasteiger partial charge in [0.15, 0.2) is 23.2 Å². The predicted molar refractivity (Wildman–Crippen MR) is 138 cm³/mol. The molecule has 0 atom stereocenters. The maximum Gasteiger partial charge on any atom is 0.341 e. The van der Waals surface area contributed by atoms with E-state index in [9.17, 15) is 18.0 Å². The molecule has 0 unspecified atom stereocenters. The minimum absolute atomic E-state index is 0.189. The van der Waals surface area contributed by atoms with E-state index in [1.54, 1.807) is 30.3 Å². The van der Waals surface area contributed by atoms with Crippen LogP contribution >= 0.6 is 0 Å². The lowest BCUT2D eigenvalue weighted by Gasteiger charge is -2.29. The molecule has 0 radical (unpaired) electrons. The average molecular weight is 527 g/mol. The van der Waals surface area contributed by atoms with Crippen LogP contribution in [0.25, 0.3) is 11.1 Å². The van der Waals surface area contributed by atoms with Gasteiger partial charge >= 0.3 is 5.97 Å². The Hall–Kier alpha value is -3.61. The molecule has 3 aromatic rings. The number of unbranched alkanes of at least 4 members (excludes halogenated alkanes) is 1. The number of benzene rings is 3. The Balaban J connectivity index is 1.36. The molecule has 7 heteroatoms. The van der Waals surface area contributed by atoms with Crippen LogP contribution in [0, 0.1) is 30.2 Å². The lowest BCUT2D eigenvalue weighted by atomic mass is 9.82. The van der Waals surface area contributed by atoms with Crippen molar-refractivity contribution >= 4 is 5.97 Å². The Morgan fingerprint density at radius 2 is 1.61 bits per heavy atom. The lowest BCUT2D eigenvalue weighted by Crippen LogP contribution is -2.25. The molecule has 0 bridgehead atoms. The summed E-state index contributed by atoms with van der Waals surface area (Å²) in [6, 6.07) is 12.8. The first-order valence-electron chi connectivity index (χ1n) is 12.8. The second kappa shape index (κ2) is 12.3. The number of ether oxygens (including phenoxy) is 2. The molecule has 3 aromatic carbocycles. The molecule has 1 aliphatic rings. The minimum Gasteiger partial charge on any atom is -0.490 e. The van der Waals surface area contributed by atoms with Crippen molar-refractivity contribution in [3.05, 3.63) is 101 Å². The van der Waals surface area contributed by atoms with Crippen molar-refractivity contribution in [1.82, 2.24) is 0 Å². The topological polar surface area (TPSA) is 35.5 Å². The van der Waals surface area contributed by atoms with Gasteiger partial charge in [-0.2, -0.15) is 4.39 Å². The maximum absolute atomic E-state index is 15.0. The predicted octanol–water partition coefficient (Wildman–Crippen LogP) is 8.45. The highest BCUT2D eigenvalue weighted by Crippen LogP contribution is 2.38. The number of rotatable bonds is 9. The number of carbonyl (C=O) groups is 1. The van der Waals surface area contributed by atoms with Crippen molar-refractivity contribution in [1.29, 1.82) is 0 Å². The highest BCUT2D eigenvalue weighted by Gasteiger charge is 2.30. The van der Waals surface area contributed by atoms with Gasteiger partial charge in [-0.1, -0.05) is 48.0 Å². The van der Waals surface area contributed by atoms with E-state index in [1.807, 2.05) is 19.1 Å².